The number of aryl methyl sites for hydroxylation is 1. The Hall–Kier alpha value is -3.62. The van der Waals surface area contributed by atoms with Crippen LogP contribution in [0.1, 0.15) is 46.6 Å². The number of aromatic nitrogens is 2. The first-order valence-electron chi connectivity index (χ1n) is 11.8. The van der Waals surface area contributed by atoms with E-state index in [1.807, 2.05) is 30.3 Å². The SMILES string of the molecule is Cc1nc2c(OCc3c(F)cccc3F)cccn2c1C(=O)CC1(c2ccccc2)C[C@H](O)[C@@H](O)C1. The van der Waals surface area contributed by atoms with Gasteiger partial charge < -0.3 is 14.9 Å². The summed E-state index contributed by atoms with van der Waals surface area (Å²) < 4.78 is 35.4. The molecule has 1 aliphatic rings. The first-order valence-corrected chi connectivity index (χ1v) is 11.8. The molecule has 2 heterocycles. The highest BCUT2D eigenvalue weighted by Gasteiger charge is 2.47. The fourth-order valence-corrected chi connectivity index (χ4v) is 5.25. The van der Waals surface area contributed by atoms with Crippen LogP contribution in [0.5, 0.6) is 5.75 Å². The molecule has 8 heteroatoms. The van der Waals surface area contributed by atoms with Crippen molar-refractivity contribution in [2.24, 2.45) is 0 Å². The zero-order valence-corrected chi connectivity index (χ0v) is 19.7. The van der Waals surface area contributed by atoms with E-state index in [2.05, 4.69) is 4.98 Å². The fraction of sp³-hybridized carbons (Fsp3) is 0.286. The monoisotopic (exact) mass is 492 g/mol. The van der Waals surface area contributed by atoms with Crippen molar-refractivity contribution in [3.8, 4) is 5.75 Å². The van der Waals surface area contributed by atoms with E-state index in [0.717, 1.165) is 17.7 Å². The number of pyridine rings is 1. The predicted octanol–water partition coefficient (Wildman–Crippen LogP) is 4.53. The number of ketones is 1. The third-order valence-corrected chi connectivity index (χ3v) is 7.02. The molecule has 186 valence electrons. The van der Waals surface area contributed by atoms with Gasteiger partial charge in [0.25, 0.3) is 0 Å². The Balaban J connectivity index is 1.47. The molecule has 5 rings (SSSR count). The lowest BCUT2D eigenvalue weighted by Gasteiger charge is -2.29. The second kappa shape index (κ2) is 9.44. The smallest absolute Gasteiger partial charge is 0.182 e. The number of halogens is 2. The molecular weight excluding hydrogens is 466 g/mol. The molecule has 0 saturated heterocycles. The number of imidazole rings is 1. The Labute approximate surface area is 206 Å². The van der Waals surface area contributed by atoms with Crippen molar-refractivity contribution in [1.29, 1.82) is 0 Å². The maximum absolute atomic E-state index is 14.0. The average molecular weight is 493 g/mol. The number of fused-ring (bicyclic) bond motifs is 1. The van der Waals surface area contributed by atoms with Gasteiger partial charge in [0.2, 0.25) is 0 Å². The number of carbonyl (C=O) groups excluding carboxylic acids is 1. The van der Waals surface area contributed by atoms with Crippen LogP contribution < -0.4 is 4.74 Å². The van der Waals surface area contributed by atoms with Crippen molar-refractivity contribution in [2.75, 3.05) is 0 Å². The third-order valence-electron chi connectivity index (χ3n) is 7.02. The summed E-state index contributed by atoms with van der Waals surface area (Å²) in [5.74, 6) is -1.32. The maximum Gasteiger partial charge on any atom is 0.182 e. The van der Waals surface area contributed by atoms with Crippen LogP contribution in [-0.2, 0) is 12.0 Å². The molecule has 0 radical (unpaired) electrons. The molecule has 2 aromatic heterocycles. The standard InChI is InChI=1S/C28H26F2N2O4/c1-17-26(24(35)15-28(13-22(33)23(34)14-28)18-7-3-2-4-8-18)32-12-6-11-25(27(32)31-17)36-16-19-20(29)9-5-10-21(19)30/h2-12,22-23,33-34H,13-16H2,1H3/t22-,23-/m0/s1. The minimum atomic E-state index is -0.917. The maximum atomic E-state index is 14.0. The molecule has 6 nitrogen and oxygen atoms in total. The van der Waals surface area contributed by atoms with E-state index in [-0.39, 0.29) is 43.0 Å². The van der Waals surface area contributed by atoms with Crippen LogP contribution in [0.3, 0.4) is 0 Å². The summed E-state index contributed by atoms with van der Waals surface area (Å²) in [6.07, 6.45) is 0.461. The molecule has 4 aromatic rings. The molecule has 2 atom stereocenters. The van der Waals surface area contributed by atoms with Crippen molar-refractivity contribution in [1.82, 2.24) is 9.38 Å². The van der Waals surface area contributed by atoms with E-state index in [0.29, 0.717) is 17.0 Å². The van der Waals surface area contributed by atoms with Gasteiger partial charge >= 0.3 is 0 Å². The summed E-state index contributed by atoms with van der Waals surface area (Å²) in [6, 6.07) is 16.4. The number of hydrogen-bond acceptors (Lipinski definition) is 5. The van der Waals surface area contributed by atoms with Gasteiger partial charge in [0, 0.05) is 18.0 Å². The lowest BCUT2D eigenvalue weighted by molar-refractivity contribution is 0.0438. The van der Waals surface area contributed by atoms with Gasteiger partial charge in [0.1, 0.15) is 23.9 Å². The number of carbonyl (C=O) groups is 1. The number of Topliss-reactive ketones (excluding diaryl/α,β-unsaturated/α-hetero) is 1. The first kappa shape index (κ1) is 24.1. The Kier molecular flexibility index (Phi) is 6.32. The number of benzene rings is 2. The second-order valence-corrected chi connectivity index (χ2v) is 9.39. The summed E-state index contributed by atoms with van der Waals surface area (Å²) in [5.41, 5.74) is 1.17. The number of nitrogens with zero attached hydrogens (tertiary/aromatic N) is 2. The molecule has 2 aromatic carbocycles. The molecule has 36 heavy (non-hydrogen) atoms. The van der Waals surface area contributed by atoms with Gasteiger partial charge in [-0.2, -0.15) is 0 Å². The van der Waals surface area contributed by atoms with E-state index in [1.165, 1.54) is 6.07 Å². The van der Waals surface area contributed by atoms with Crippen molar-refractivity contribution in [3.05, 3.63) is 101 Å². The van der Waals surface area contributed by atoms with E-state index < -0.39 is 29.3 Å². The van der Waals surface area contributed by atoms with E-state index in [9.17, 15) is 23.8 Å². The van der Waals surface area contributed by atoms with Crippen LogP contribution in [0, 0.1) is 18.6 Å². The van der Waals surface area contributed by atoms with Gasteiger partial charge in [-0.3, -0.25) is 9.20 Å². The summed E-state index contributed by atoms with van der Waals surface area (Å²) in [4.78, 5) is 18.2. The van der Waals surface area contributed by atoms with Crippen LogP contribution in [0.2, 0.25) is 0 Å². The van der Waals surface area contributed by atoms with Crippen molar-refractivity contribution in [3.63, 3.8) is 0 Å². The Bertz CT molecular complexity index is 1390. The van der Waals surface area contributed by atoms with Gasteiger partial charge in [0.05, 0.1) is 23.5 Å². The molecule has 0 spiro atoms. The Morgan fingerprint density at radius 3 is 2.36 bits per heavy atom. The molecule has 1 aliphatic carbocycles. The first-order chi connectivity index (χ1) is 17.3. The molecule has 0 aliphatic heterocycles. The predicted molar refractivity (Wildman–Crippen MR) is 129 cm³/mol. The Morgan fingerprint density at radius 1 is 1.03 bits per heavy atom. The lowest BCUT2D eigenvalue weighted by Crippen LogP contribution is -2.28. The molecule has 1 saturated carbocycles. The van der Waals surface area contributed by atoms with E-state index in [4.69, 9.17) is 4.74 Å². The quantitative estimate of drug-likeness (QED) is 0.371. The van der Waals surface area contributed by atoms with Crippen molar-refractivity contribution in [2.45, 2.75) is 50.4 Å². The number of hydrogen-bond donors (Lipinski definition) is 2. The van der Waals surface area contributed by atoms with Gasteiger partial charge in [0.15, 0.2) is 17.2 Å². The minimum absolute atomic E-state index is 0.0747. The molecule has 0 bridgehead atoms. The average Bonchev–Trinajstić information content (AvgIpc) is 3.35. The summed E-state index contributed by atoms with van der Waals surface area (Å²) in [5, 5.41) is 20.7. The second-order valence-electron chi connectivity index (χ2n) is 9.39. The number of rotatable bonds is 7. The van der Waals surface area contributed by atoms with Crippen molar-refractivity contribution >= 4 is 11.4 Å². The number of ether oxygens (including phenoxy) is 1. The number of aliphatic hydroxyl groups excluding tert-OH is 2. The summed E-state index contributed by atoms with van der Waals surface area (Å²) >= 11 is 0. The molecule has 1 fully saturated rings. The van der Waals surface area contributed by atoms with E-state index >= 15 is 0 Å². The van der Waals surface area contributed by atoms with Crippen molar-refractivity contribution < 1.29 is 28.5 Å². The van der Waals surface area contributed by atoms with Gasteiger partial charge in [-0.1, -0.05) is 36.4 Å². The highest BCUT2D eigenvalue weighted by molar-refractivity contribution is 5.97. The van der Waals surface area contributed by atoms with Crippen LogP contribution in [-0.4, -0.2) is 37.6 Å². The normalized spacial score (nSPS) is 19.0. The molecule has 0 unspecified atom stereocenters. The molecular formula is C28H26F2N2O4. The van der Waals surface area contributed by atoms with Crippen LogP contribution >= 0.6 is 0 Å². The number of aliphatic hydroxyl groups is 2. The van der Waals surface area contributed by atoms with E-state index in [1.54, 1.807) is 29.7 Å². The topological polar surface area (TPSA) is 84.1 Å². The fourth-order valence-electron chi connectivity index (χ4n) is 5.25. The Morgan fingerprint density at radius 2 is 1.69 bits per heavy atom. The largest absolute Gasteiger partial charge is 0.485 e. The summed E-state index contributed by atoms with van der Waals surface area (Å²) in [7, 11) is 0. The van der Waals surface area contributed by atoms with Crippen LogP contribution in [0.4, 0.5) is 8.78 Å². The van der Waals surface area contributed by atoms with Crippen LogP contribution in [0.25, 0.3) is 5.65 Å². The minimum Gasteiger partial charge on any atom is -0.485 e. The van der Waals surface area contributed by atoms with Gasteiger partial charge in [-0.05, 0) is 49.6 Å². The molecule has 2 N–H and O–H groups in total. The van der Waals surface area contributed by atoms with Crippen LogP contribution in [0.15, 0.2) is 66.9 Å². The van der Waals surface area contributed by atoms with Gasteiger partial charge in [-0.25, -0.2) is 13.8 Å². The molecule has 0 amide bonds. The lowest BCUT2D eigenvalue weighted by atomic mass is 9.74. The summed E-state index contributed by atoms with van der Waals surface area (Å²) in [6.45, 7) is 1.38. The third kappa shape index (κ3) is 4.27. The highest BCUT2D eigenvalue weighted by atomic mass is 19.1. The zero-order chi connectivity index (χ0) is 25.4. The highest BCUT2D eigenvalue weighted by Crippen LogP contribution is 2.45. The zero-order valence-electron chi connectivity index (χ0n) is 19.7. The van der Waals surface area contributed by atoms with Gasteiger partial charge in [-0.15, -0.1) is 0 Å².